The Balaban J connectivity index is 1.15. The zero-order valence-electron chi connectivity index (χ0n) is 37.4. The largest absolute Gasteiger partial charge is 0.399 e. The average molecular weight is 866 g/mol. The van der Waals surface area contributed by atoms with Crippen LogP contribution in [0, 0.1) is 0 Å². The normalized spacial score (nSPS) is 12.5. The molecule has 0 atom stereocenters. The maximum atomic E-state index is 7.18. The lowest BCUT2D eigenvalue weighted by atomic mass is 9.45. The van der Waals surface area contributed by atoms with Gasteiger partial charge in [0.2, 0.25) is 0 Å². The second-order valence-electron chi connectivity index (χ2n) is 18.6. The summed E-state index contributed by atoms with van der Waals surface area (Å²) in [4.78, 5) is 2.55. The Labute approximate surface area is 396 Å². The molecule has 2 N–H and O–H groups in total. The standard InChI is InChI=1S/C64H44BN3/c66-47-37-58-53-30-17-29-52-51-28-15-16-31-60(51)68(64(52)53)65-59-39-56-54(32-41-18-5-1-6-19-41)49-26-13-14-27-50(49)55(33-42-20-7-2-8-21-42)57(56)40-61(59)67(62(38-47)63(58)65)48-35-45(43-22-9-3-10-23-43)34-46(36-48)44-24-11-4-12-25-44/h1-31,34-40H,32-33,66H2. The second kappa shape index (κ2) is 15.2. The van der Waals surface area contributed by atoms with Gasteiger partial charge in [-0.1, -0.05) is 188 Å². The van der Waals surface area contributed by atoms with E-state index in [2.05, 4.69) is 240 Å². The fourth-order valence-corrected chi connectivity index (χ4v) is 11.9. The molecule has 0 saturated carbocycles. The number of rotatable bonds is 7. The molecular formula is C64H44BN3. The maximum absolute atomic E-state index is 7.18. The van der Waals surface area contributed by atoms with Crippen molar-refractivity contribution in [1.29, 1.82) is 0 Å². The molecule has 4 heteroatoms. The number of anilines is 4. The first-order valence-electron chi connectivity index (χ1n) is 23.7. The third kappa shape index (κ3) is 5.94. The van der Waals surface area contributed by atoms with E-state index in [0.717, 1.165) is 46.7 Å². The number of fused-ring (bicyclic) bond motifs is 9. The highest BCUT2D eigenvalue weighted by atomic mass is 15.2. The van der Waals surface area contributed by atoms with Crippen LogP contribution in [0.25, 0.3) is 76.7 Å². The minimum Gasteiger partial charge on any atom is -0.399 e. The molecule has 11 aromatic carbocycles. The molecule has 2 aliphatic heterocycles. The molecule has 0 aliphatic carbocycles. The van der Waals surface area contributed by atoms with Gasteiger partial charge in [0.25, 0.3) is 0 Å². The van der Waals surface area contributed by atoms with Crippen molar-refractivity contribution in [2.45, 2.75) is 12.8 Å². The van der Waals surface area contributed by atoms with Gasteiger partial charge >= 0.3 is 6.85 Å². The van der Waals surface area contributed by atoms with Crippen LogP contribution in [0.3, 0.4) is 0 Å². The fraction of sp³-hybridized carbons (Fsp3) is 0.0312. The number of para-hydroxylation sites is 2. The zero-order valence-corrected chi connectivity index (χ0v) is 37.4. The van der Waals surface area contributed by atoms with Gasteiger partial charge in [-0.2, -0.15) is 0 Å². The molecule has 0 saturated heterocycles. The number of nitrogens with zero attached hydrogens (tertiary/aromatic N) is 2. The van der Waals surface area contributed by atoms with Gasteiger partial charge in [0, 0.05) is 50.1 Å². The molecule has 14 rings (SSSR count). The molecule has 2 aliphatic rings. The number of hydrogen-bond donors (Lipinski definition) is 1. The van der Waals surface area contributed by atoms with Crippen molar-refractivity contribution < 1.29 is 0 Å². The van der Waals surface area contributed by atoms with E-state index in [-0.39, 0.29) is 6.85 Å². The quantitative estimate of drug-likeness (QED) is 0.0984. The zero-order chi connectivity index (χ0) is 44.9. The summed E-state index contributed by atoms with van der Waals surface area (Å²) in [5.41, 5.74) is 28.7. The monoisotopic (exact) mass is 865 g/mol. The Morgan fingerprint density at radius 2 is 0.912 bits per heavy atom. The van der Waals surface area contributed by atoms with Gasteiger partial charge in [-0.3, -0.25) is 0 Å². The molecule has 3 heterocycles. The predicted octanol–water partition coefficient (Wildman–Crippen LogP) is 14.6. The first kappa shape index (κ1) is 38.7. The van der Waals surface area contributed by atoms with Crippen LogP contribution in [-0.4, -0.2) is 11.3 Å². The maximum Gasteiger partial charge on any atom is 0.333 e. The van der Waals surface area contributed by atoms with Crippen molar-refractivity contribution in [3.63, 3.8) is 0 Å². The lowest BCUT2D eigenvalue weighted by Crippen LogP contribution is -2.56. The van der Waals surface area contributed by atoms with Crippen LogP contribution in [0.5, 0.6) is 0 Å². The molecule has 12 aromatic rings. The smallest absolute Gasteiger partial charge is 0.333 e. The van der Waals surface area contributed by atoms with Gasteiger partial charge in [-0.05, 0) is 138 Å². The average Bonchev–Trinajstić information content (AvgIpc) is 3.73. The van der Waals surface area contributed by atoms with E-state index in [4.69, 9.17) is 5.73 Å². The van der Waals surface area contributed by atoms with E-state index < -0.39 is 0 Å². The topological polar surface area (TPSA) is 34.2 Å². The van der Waals surface area contributed by atoms with E-state index in [1.54, 1.807) is 0 Å². The molecule has 0 unspecified atom stereocenters. The third-order valence-electron chi connectivity index (χ3n) is 14.7. The summed E-state index contributed by atoms with van der Waals surface area (Å²) in [5.74, 6) is 0. The van der Waals surface area contributed by atoms with Gasteiger partial charge in [0.1, 0.15) is 0 Å². The number of nitrogens with two attached hydrogens (primary N) is 1. The molecule has 1 aromatic heterocycles. The molecule has 0 amide bonds. The van der Waals surface area contributed by atoms with Crippen molar-refractivity contribution in [1.82, 2.24) is 4.48 Å². The highest BCUT2D eigenvalue weighted by Crippen LogP contribution is 2.49. The Bertz CT molecular complexity index is 3920. The summed E-state index contributed by atoms with van der Waals surface area (Å²) in [7, 11) is 0. The van der Waals surface area contributed by atoms with Crippen LogP contribution >= 0.6 is 0 Å². The molecular weight excluding hydrogens is 822 g/mol. The van der Waals surface area contributed by atoms with Gasteiger partial charge in [-0.25, -0.2) is 0 Å². The van der Waals surface area contributed by atoms with Crippen molar-refractivity contribution in [2.75, 3.05) is 10.6 Å². The molecule has 0 radical (unpaired) electrons. The van der Waals surface area contributed by atoms with Crippen LogP contribution in [-0.2, 0) is 12.8 Å². The van der Waals surface area contributed by atoms with Gasteiger partial charge < -0.3 is 15.1 Å². The summed E-state index contributed by atoms with van der Waals surface area (Å²) in [6.45, 7) is -0.131. The van der Waals surface area contributed by atoms with Crippen LogP contribution in [0.1, 0.15) is 22.3 Å². The molecule has 0 spiro atoms. The Hall–Kier alpha value is -8.60. The van der Waals surface area contributed by atoms with Crippen LogP contribution in [0.15, 0.2) is 231 Å². The first-order valence-corrected chi connectivity index (χ1v) is 23.7. The van der Waals surface area contributed by atoms with E-state index in [1.165, 1.54) is 98.8 Å². The Morgan fingerprint density at radius 1 is 0.382 bits per heavy atom. The lowest BCUT2D eigenvalue weighted by molar-refractivity contribution is 1.20. The SMILES string of the molecule is Nc1cc2c3c(c1)N(c1cc(-c4ccccc4)cc(-c4ccccc4)c1)c1cc4c(Cc5ccccc5)c5ccccc5c(Cc5ccccc5)c4cc1B3n1c3ccccc3c3cccc-2c31. The molecule has 0 fully saturated rings. The van der Waals surface area contributed by atoms with E-state index in [0.29, 0.717) is 0 Å². The van der Waals surface area contributed by atoms with Crippen molar-refractivity contribution >= 4 is 83.9 Å². The summed E-state index contributed by atoms with van der Waals surface area (Å²) in [5, 5.41) is 7.71. The van der Waals surface area contributed by atoms with Gasteiger partial charge in [0.15, 0.2) is 0 Å². The molecule has 68 heavy (non-hydrogen) atoms. The van der Waals surface area contributed by atoms with E-state index in [1.807, 2.05) is 0 Å². The van der Waals surface area contributed by atoms with E-state index >= 15 is 0 Å². The van der Waals surface area contributed by atoms with Gasteiger partial charge in [-0.15, -0.1) is 0 Å². The predicted molar refractivity (Wildman–Crippen MR) is 289 cm³/mol. The third-order valence-corrected chi connectivity index (χ3v) is 14.7. The summed E-state index contributed by atoms with van der Waals surface area (Å²) in [6.07, 6.45) is 1.62. The highest BCUT2D eigenvalue weighted by Gasteiger charge is 2.43. The van der Waals surface area contributed by atoms with E-state index in [9.17, 15) is 0 Å². The minimum absolute atomic E-state index is 0.131. The molecule has 3 nitrogen and oxygen atoms in total. The minimum atomic E-state index is -0.131. The number of nitrogen functional groups attached to an aromatic ring is 1. The Morgan fingerprint density at radius 3 is 1.53 bits per heavy atom. The Kier molecular flexibility index (Phi) is 8.66. The number of aromatic nitrogens is 1. The molecule has 318 valence electrons. The lowest BCUT2D eigenvalue weighted by Gasteiger charge is -2.41. The van der Waals surface area contributed by atoms with Crippen LogP contribution in [0.4, 0.5) is 22.7 Å². The second-order valence-corrected chi connectivity index (χ2v) is 18.6. The summed E-state index contributed by atoms with van der Waals surface area (Å²) >= 11 is 0. The first-order chi connectivity index (χ1) is 33.6. The number of benzene rings is 11. The van der Waals surface area contributed by atoms with Crippen LogP contribution in [0.2, 0.25) is 0 Å². The van der Waals surface area contributed by atoms with Crippen LogP contribution < -0.4 is 21.6 Å². The highest BCUT2D eigenvalue weighted by molar-refractivity contribution is 6.90. The fourth-order valence-electron chi connectivity index (χ4n) is 11.9. The molecule has 0 bridgehead atoms. The summed E-state index contributed by atoms with van der Waals surface area (Å²) < 4.78 is 2.66. The van der Waals surface area contributed by atoms with Gasteiger partial charge in [0.05, 0.1) is 0 Å². The number of hydrogen-bond acceptors (Lipinski definition) is 2. The van der Waals surface area contributed by atoms with Crippen molar-refractivity contribution in [2.24, 2.45) is 0 Å². The summed E-state index contributed by atoms with van der Waals surface area (Å²) in [6, 6.07) is 85.3. The van der Waals surface area contributed by atoms with Crippen molar-refractivity contribution in [3.05, 3.63) is 253 Å². The van der Waals surface area contributed by atoms with Crippen molar-refractivity contribution in [3.8, 4) is 33.4 Å².